The lowest BCUT2D eigenvalue weighted by Gasteiger charge is -2.03. The molecule has 23 heavy (non-hydrogen) atoms. The molecule has 0 radical (unpaired) electrons. The van der Waals surface area contributed by atoms with E-state index in [-0.39, 0.29) is 0 Å². The second kappa shape index (κ2) is 5.39. The van der Waals surface area contributed by atoms with Gasteiger partial charge in [0.05, 0.1) is 11.6 Å². The first kappa shape index (κ1) is 13.2. The molecule has 0 spiro atoms. The Morgan fingerprint density at radius 2 is 1.83 bits per heavy atom. The number of H-pyrrole nitrogens is 1. The maximum atomic E-state index is 9.09. The molecule has 1 N–H and O–H groups in total. The Bertz CT molecular complexity index is 1030. The molecule has 0 aliphatic carbocycles. The zero-order valence-corrected chi connectivity index (χ0v) is 12.2. The van der Waals surface area contributed by atoms with Gasteiger partial charge in [-0.1, -0.05) is 12.1 Å². The average Bonchev–Trinajstić information content (AvgIpc) is 3.05. The molecule has 0 amide bonds. The quantitative estimate of drug-likeness (QED) is 0.604. The van der Waals surface area contributed by atoms with Crippen molar-refractivity contribution in [2.45, 2.75) is 0 Å². The topological polar surface area (TPSA) is 65.4 Å². The summed E-state index contributed by atoms with van der Waals surface area (Å²) >= 11 is 0. The molecule has 0 atom stereocenters. The number of rotatable bonds is 2. The fraction of sp³-hybridized carbons (Fsp3) is 0. The molecule has 0 bridgehead atoms. The zero-order valence-electron chi connectivity index (χ0n) is 12.2. The highest BCUT2D eigenvalue weighted by atomic mass is 14.8. The van der Waals surface area contributed by atoms with E-state index in [4.69, 9.17) is 5.26 Å². The summed E-state index contributed by atoms with van der Waals surface area (Å²) in [6.07, 6.45) is 7.33. The van der Waals surface area contributed by atoms with E-state index in [1.54, 1.807) is 18.5 Å². The Kier molecular flexibility index (Phi) is 3.10. The van der Waals surface area contributed by atoms with Gasteiger partial charge in [0.1, 0.15) is 5.65 Å². The van der Waals surface area contributed by atoms with Crippen molar-refractivity contribution >= 4 is 11.0 Å². The Hall–Kier alpha value is -3.45. The van der Waals surface area contributed by atoms with Crippen molar-refractivity contribution in [3.8, 4) is 28.3 Å². The predicted molar refractivity (Wildman–Crippen MR) is 89.5 cm³/mol. The van der Waals surface area contributed by atoms with Crippen molar-refractivity contribution in [3.05, 3.63) is 72.8 Å². The van der Waals surface area contributed by atoms with Gasteiger partial charge in [-0.15, -0.1) is 0 Å². The van der Waals surface area contributed by atoms with Crippen molar-refractivity contribution < 1.29 is 0 Å². The van der Waals surface area contributed by atoms with E-state index >= 15 is 0 Å². The molecule has 0 unspecified atom stereocenters. The van der Waals surface area contributed by atoms with E-state index in [2.05, 4.69) is 27.1 Å². The molecule has 1 aromatic carbocycles. The monoisotopic (exact) mass is 296 g/mol. The third-order valence-electron chi connectivity index (χ3n) is 3.85. The molecule has 4 heteroatoms. The molecule has 4 rings (SSSR count). The number of hydrogen-bond acceptors (Lipinski definition) is 3. The molecule has 108 valence electrons. The molecular weight excluding hydrogens is 284 g/mol. The fourth-order valence-corrected chi connectivity index (χ4v) is 2.70. The largest absolute Gasteiger partial charge is 0.346 e. The lowest BCUT2D eigenvalue weighted by molar-refractivity contribution is 1.31. The van der Waals surface area contributed by atoms with Crippen molar-refractivity contribution in [3.63, 3.8) is 0 Å². The fourth-order valence-electron chi connectivity index (χ4n) is 2.70. The molecular formula is C19H12N4. The number of benzene rings is 1. The summed E-state index contributed by atoms with van der Waals surface area (Å²) in [5, 5.41) is 10.1. The van der Waals surface area contributed by atoms with Gasteiger partial charge in [-0.2, -0.15) is 5.26 Å². The Balaban J connectivity index is 1.90. The lowest BCUT2D eigenvalue weighted by Crippen LogP contribution is -1.83. The highest BCUT2D eigenvalue weighted by Gasteiger charge is 2.09. The first-order valence-corrected chi connectivity index (χ1v) is 7.23. The zero-order chi connectivity index (χ0) is 15.6. The van der Waals surface area contributed by atoms with Crippen LogP contribution in [0.5, 0.6) is 0 Å². The van der Waals surface area contributed by atoms with Crippen molar-refractivity contribution in [1.82, 2.24) is 15.0 Å². The van der Waals surface area contributed by atoms with Gasteiger partial charge < -0.3 is 4.98 Å². The minimum atomic E-state index is 0.648. The molecule has 4 aromatic rings. The van der Waals surface area contributed by atoms with E-state index in [1.165, 1.54) is 0 Å². The van der Waals surface area contributed by atoms with Crippen LogP contribution in [0.2, 0.25) is 0 Å². The maximum Gasteiger partial charge on any atom is 0.137 e. The number of aromatic nitrogens is 3. The second-order valence-corrected chi connectivity index (χ2v) is 5.25. The number of pyridine rings is 2. The molecule has 3 aromatic heterocycles. The van der Waals surface area contributed by atoms with Gasteiger partial charge in [0, 0.05) is 41.3 Å². The van der Waals surface area contributed by atoms with E-state index in [0.29, 0.717) is 5.56 Å². The van der Waals surface area contributed by atoms with Crippen LogP contribution < -0.4 is 0 Å². The highest BCUT2D eigenvalue weighted by Crippen LogP contribution is 2.31. The van der Waals surface area contributed by atoms with Crippen LogP contribution >= 0.6 is 0 Å². The van der Waals surface area contributed by atoms with Crippen LogP contribution in [0.25, 0.3) is 33.3 Å². The van der Waals surface area contributed by atoms with Gasteiger partial charge in [0.25, 0.3) is 0 Å². The molecule has 3 heterocycles. The summed E-state index contributed by atoms with van der Waals surface area (Å²) in [4.78, 5) is 11.8. The third kappa shape index (κ3) is 2.34. The Labute approximate surface area is 133 Å². The van der Waals surface area contributed by atoms with Gasteiger partial charge in [0.15, 0.2) is 0 Å². The van der Waals surface area contributed by atoms with Gasteiger partial charge in [-0.05, 0) is 41.5 Å². The molecule has 0 saturated carbocycles. The number of nitrogens with zero attached hydrogens (tertiary/aromatic N) is 3. The van der Waals surface area contributed by atoms with Crippen LogP contribution in [-0.4, -0.2) is 15.0 Å². The molecule has 4 nitrogen and oxygen atoms in total. The van der Waals surface area contributed by atoms with Crippen LogP contribution in [0.15, 0.2) is 67.3 Å². The summed E-state index contributed by atoms with van der Waals surface area (Å²) in [5.41, 5.74) is 5.64. The normalized spacial score (nSPS) is 10.6. The van der Waals surface area contributed by atoms with Crippen LogP contribution in [-0.2, 0) is 0 Å². The number of nitrogens with one attached hydrogen (secondary N) is 1. The second-order valence-electron chi connectivity index (χ2n) is 5.25. The first-order chi connectivity index (χ1) is 11.3. The van der Waals surface area contributed by atoms with E-state index in [0.717, 1.165) is 33.3 Å². The Morgan fingerprint density at radius 1 is 0.957 bits per heavy atom. The molecule has 0 aliphatic rings. The minimum Gasteiger partial charge on any atom is -0.346 e. The van der Waals surface area contributed by atoms with Crippen LogP contribution in [0.4, 0.5) is 0 Å². The van der Waals surface area contributed by atoms with Gasteiger partial charge in [0.2, 0.25) is 0 Å². The highest BCUT2D eigenvalue weighted by molar-refractivity contribution is 5.95. The van der Waals surface area contributed by atoms with Crippen LogP contribution in [0.3, 0.4) is 0 Å². The SMILES string of the molecule is N#Cc1cccc(-c2c[nH]c3ncc(-c4ccncc4)cc23)c1. The number of nitriles is 1. The standard InChI is InChI=1S/C19H12N4/c20-10-13-2-1-3-15(8-13)18-12-23-19-17(18)9-16(11-22-19)14-4-6-21-7-5-14/h1-9,11-12H,(H,22,23). The average molecular weight is 296 g/mol. The smallest absolute Gasteiger partial charge is 0.137 e. The number of fused-ring (bicyclic) bond motifs is 1. The minimum absolute atomic E-state index is 0.648. The van der Waals surface area contributed by atoms with E-state index in [1.807, 2.05) is 42.7 Å². The van der Waals surface area contributed by atoms with E-state index < -0.39 is 0 Å². The van der Waals surface area contributed by atoms with Gasteiger partial charge in [-0.25, -0.2) is 4.98 Å². The number of hydrogen-bond donors (Lipinski definition) is 1. The Morgan fingerprint density at radius 3 is 2.65 bits per heavy atom. The molecule has 0 fully saturated rings. The van der Waals surface area contributed by atoms with E-state index in [9.17, 15) is 0 Å². The third-order valence-corrected chi connectivity index (χ3v) is 3.85. The van der Waals surface area contributed by atoms with Crippen LogP contribution in [0, 0.1) is 11.3 Å². The van der Waals surface area contributed by atoms with Gasteiger partial charge >= 0.3 is 0 Å². The van der Waals surface area contributed by atoms with Gasteiger partial charge in [-0.3, -0.25) is 4.98 Å². The molecule has 0 saturated heterocycles. The summed E-state index contributed by atoms with van der Waals surface area (Å²) in [5.74, 6) is 0. The van der Waals surface area contributed by atoms with Crippen molar-refractivity contribution in [2.24, 2.45) is 0 Å². The van der Waals surface area contributed by atoms with Crippen LogP contribution in [0.1, 0.15) is 5.56 Å². The maximum absolute atomic E-state index is 9.09. The number of aromatic amines is 1. The summed E-state index contributed by atoms with van der Waals surface area (Å²) in [6, 6.07) is 15.8. The first-order valence-electron chi connectivity index (χ1n) is 7.23. The van der Waals surface area contributed by atoms with Crippen molar-refractivity contribution in [2.75, 3.05) is 0 Å². The summed E-state index contributed by atoms with van der Waals surface area (Å²) in [6.45, 7) is 0. The summed E-state index contributed by atoms with van der Waals surface area (Å²) < 4.78 is 0. The van der Waals surface area contributed by atoms with Crippen molar-refractivity contribution in [1.29, 1.82) is 5.26 Å². The predicted octanol–water partition coefficient (Wildman–Crippen LogP) is 4.16. The summed E-state index contributed by atoms with van der Waals surface area (Å²) in [7, 11) is 0. The lowest BCUT2D eigenvalue weighted by atomic mass is 10.0. The molecule has 0 aliphatic heterocycles.